The maximum Gasteiger partial charge on any atom is -0.00206 e. The van der Waals surface area contributed by atoms with E-state index in [1.165, 1.54) is 169 Å². The third-order valence-corrected chi connectivity index (χ3v) is 18.0. The molecule has 0 aliphatic rings. The Balaban J connectivity index is 0.000000102. The Morgan fingerprint density at radius 2 is 0.462 bits per heavy atom. The second-order valence-electron chi connectivity index (χ2n) is 24.3. The van der Waals surface area contributed by atoms with Crippen LogP contribution in [0.4, 0.5) is 0 Å². The highest BCUT2D eigenvalue weighted by Gasteiger charge is 2.13. The molecular formula is C91H70. The fourth-order valence-corrected chi connectivity index (χ4v) is 13.1. The Bertz CT molecular complexity index is 5560. The van der Waals surface area contributed by atoms with E-state index in [4.69, 9.17) is 0 Å². The molecule has 18 aromatic rings. The summed E-state index contributed by atoms with van der Waals surface area (Å²) in [5.74, 6) is 0. The molecular weight excluding hydrogens is 1090 g/mol. The van der Waals surface area contributed by atoms with Gasteiger partial charge in [-0.2, -0.15) is 0 Å². The molecule has 0 radical (unpaired) electrons. The van der Waals surface area contributed by atoms with Crippen molar-refractivity contribution in [2.75, 3.05) is 0 Å². The second kappa shape index (κ2) is 25.5. The summed E-state index contributed by atoms with van der Waals surface area (Å²) < 4.78 is 0. The molecule has 91 heavy (non-hydrogen) atoms. The van der Waals surface area contributed by atoms with E-state index in [1.54, 1.807) is 0 Å². The van der Waals surface area contributed by atoms with Crippen molar-refractivity contribution in [3.63, 3.8) is 0 Å². The molecule has 0 N–H and O–H groups in total. The first-order chi connectivity index (χ1) is 44.6. The van der Waals surface area contributed by atoms with Crippen LogP contribution in [0, 0.1) is 34.6 Å². The van der Waals surface area contributed by atoms with E-state index >= 15 is 0 Å². The first-order valence-electron chi connectivity index (χ1n) is 31.7. The largest absolute Gasteiger partial charge is 0.0616 e. The van der Waals surface area contributed by atoms with Gasteiger partial charge in [0, 0.05) is 0 Å². The molecule has 0 fully saturated rings. The molecule has 0 unspecified atom stereocenters. The van der Waals surface area contributed by atoms with Gasteiger partial charge in [0.15, 0.2) is 0 Å². The minimum Gasteiger partial charge on any atom is -0.0616 e. The average Bonchev–Trinajstić information content (AvgIpc) is 1.42. The van der Waals surface area contributed by atoms with Crippen molar-refractivity contribution in [2.24, 2.45) is 0 Å². The summed E-state index contributed by atoms with van der Waals surface area (Å²) in [7, 11) is 0. The quantitative estimate of drug-likeness (QED) is 0.155. The van der Waals surface area contributed by atoms with Crippen LogP contribution in [0.25, 0.3) is 141 Å². The van der Waals surface area contributed by atoms with Gasteiger partial charge >= 0.3 is 0 Å². The Labute approximate surface area is 533 Å². The lowest BCUT2D eigenvalue weighted by Crippen LogP contribution is -1.87. The summed E-state index contributed by atoms with van der Waals surface area (Å²) in [6.45, 7) is 10.6. The van der Waals surface area contributed by atoms with Crippen LogP contribution in [0.1, 0.15) is 27.8 Å². The minimum absolute atomic E-state index is 1.27. The van der Waals surface area contributed by atoms with Crippen LogP contribution < -0.4 is 0 Å². The summed E-state index contributed by atoms with van der Waals surface area (Å²) in [5, 5.41) is 26.6. The van der Waals surface area contributed by atoms with Gasteiger partial charge in [-0.3, -0.25) is 0 Å². The smallest absolute Gasteiger partial charge is 0.00206 e. The number of benzene rings is 18. The van der Waals surface area contributed by atoms with E-state index in [1.807, 2.05) is 0 Å². The summed E-state index contributed by atoms with van der Waals surface area (Å²) >= 11 is 0. The van der Waals surface area contributed by atoms with Gasteiger partial charge in [0.05, 0.1) is 0 Å². The molecule has 0 saturated carbocycles. The van der Waals surface area contributed by atoms with Crippen LogP contribution in [0.3, 0.4) is 0 Å². The van der Waals surface area contributed by atoms with Crippen molar-refractivity contribution >= 4 is 108 Å². The number of hydrogen-bond donors (Lipinski definition) is 0. The van der Waals surface area contributed by atoms with Gasteiger partial charge in [-0.05, 0) is 188 Å². The number of hydrogen-bond acceptors (Lipinski definition) is 0. The summed E-state index contributed by atoms with van der Waals surface area (Å²) in [4.78, 5) is 0. The first-order valence-corrected chi connectivity index (χ1v) is 31.7. The van der Waals surface area contributed by atoms with Crippen molar-refractivity contribution in [3.8, 4) is 33.4 Å². The number of aryl methyl sites for hydroxylation is 5. The van der Waals surface area contributed by atoms with Gasteiger partial charge in [0.2, 0.25) is 0 Å². The average molecular weight is 1160 g/mol. The molecule has 18 aromatic carbocycles. The van der Waals surface area contributed by atoms with Gasteiger partial charge in [-0.15, -0.1) is 0 Å². The van der Waals surface area contributed by atoms with Crippen molar-refractivity contribution < 1.29 is 0 Å². The normalized spacial score (nSPS) is 11.1. The van der Waals surface area contributed by atoms with E-state index in [9.17, 15) is 0 Å². The topological polar surface area (TPSA) is 0 Å². The summed E-state index contributed by atoms with van der Waals surface area (Å²) in [6, 6.07) is 120. The van der Waals surface area contributed by atoms with Crippen LogP contribution in [-0.4, -0.2) is 0 Å². The Morgan fingerprint density at radius 3 is 1.05 bits per heavy atom. The van der Waals surface area contributed by atoms with Gasteiger partial charge in [-0.25, -0.2) is 0 Å². The molecule has 0 nitrogen and oxygen atoms in total. The van der Waals surface area contributed by atoms with E-state index in [0.717, 1.165) is 0 Å². The highest BCUT2D eigenvalue weighted by atomic mass is 14.2. The van der Waals surface area contributed by atoms with Crippen molar-refractivity contribution in [2.45, 2.75) is 34.6 Å². The second-order valence-corrected chi connectivity index (χ2v) is 24.3. The third-order valence-electron chi connectivity index (χ3n) is 18.0. The van der Waals surface area contributed by atoms with E-state index in [-0.39, 0.29) is 0 Å². The molecule has 434 valence electrons. The van der Waals surface area contributed by atoms with Crippen molar-refractivity contribution in [1.29, 1.82) is 0 Å². The Morgan fingerprint density at radius 1 is 0.143 bits per heavy atom. The lowest BCUT2D eigenvalue weighted by molar-refractivity contribution is 1.47. The molecule has 18 rings (SSSR count). The fourth-order valence-electron chi connectivity index (χ4n) is 13.1. The molecule has 0 saturated heterocycles. The van der Waals surface area contributed by atoms with Gasteiger partial charge in [0.25, 0.3) is 0 Å². The van der Waals surface area contributed by atoms with Gasteiger partial charge in [0.1, 0.15) is 0 Å². The number of fused-ring (bicyclic) bond motifs is 11. The lowest BCUT2D eigenvalue weighted by atomic mass is 9.90. The molecule has 0 amide bonds. The van der Waals surface area contributed by atoms with Crippen LogP contribution in [0.15, 0.2) is 334 Å². The standard InChI is InChI=1S/C25H18.C23H16.C17H14.C15H12.C11H10/c1-17-10-12-18(13-11-17)19-14-15-24-22-8-3-2-6-20(22)21-7-4-5-9-23(21)25(24)16-19;1-15-5-7-16(8-6-15)20-13-11-19-10-9-17-3-2-4-18-12-14-21(20)23(19)22(17)18;1-13-6-8-15(9-7-13)17-11-10-14-4-2-3-5-16(14)12-17;1-11-6-9-15-13(10-11)8-7-12-4-2-3-5-14(12)15;1-9-6-7-10-4-2-3-5-11(10)8-9/h2-16H,1H3;2-14H,1H3;2-12H,1H3;2-10H,1H3;2-8H,1H3. The van der Waals surface area contributed by atoms with E-state index in [2.05, 4.69) is 368 Å². The SMILES string of the molecule is Cc1ccc(-c2ccc3c4ccccc4c4ccccc4c3c2)cc1.Cc1ccc(-c2ccc3ccc4cccc5ccc2c3c45)cc1.Cc1ccc(-c2ccc3ccccc3c2)cc1.Cc1ccc2c(ccc3ccccc32)c1.Cc1ccc2ccccc2c1. The predicted octanol–water partition coefficient (Wildman–Crippen LogP) is 25.9. The zero-order chi connectivity index (χ0) is 61.8. The zero-order valence-corrected chi connectivity index (χ0v) is 52.3. The maximum atomic E-state index is 2.34. The van der Waals surface area contributed by atoms with Gasteiger partial charge in [-0.1, -0.05) is 349 Å². The molecule has 0 aliphatic heterocycles. The molecule has 0 atom stereocenters. The van der Waals surface area contributed by atoms with E-state index < -0.39 is 0 Å². The van der Waals surface area contributed by atoms with Crippen LogP contribution in [0.5, 0.6) is 0 Å². The molecule has 0 bridgehead atoms. The van der Waals surface area contributed by atoms with Crippen molar-refractivity contribution in [1.82, 2.24) is 0 Å². The molecule has 0 spiro atoms. The van der Waals surface area contributed by atoms with Crippen LogP contribution in [-0.2, 0) is 0 Å². The lowest BCUT2D eigenvalue weighted by Gasteiger charge is -2.14. The summed E-state index contributed by atoms with van der Waals surface area (Å²) in [5.41, 5.74) is 14.2. The Kier molecular flexibility index (Phi) is 16.1. The molecule has 0 aromatic heterocycles. The highest BCUT2D eigenvalue weighted by Crippen LogP contribution is 2.40. The predicted molar refractivity (Wildman–Crippen MR) is 398 cm³/mol. The minimum atomic E-state index is 1.27. The summed E-state index contributed by atoms with van der Waals surface area (Å²) in [6.07, 6.45) is 0. The van der Waals surface area contributed by atoms with Crippen LogP contribution in [0.2, 0.25) is 0 Å². The molecule has 0 heterocycles. The first kappa shape index (κ1) is 57.6. The fraction of sp³-hybridized carbons (Fsp3) is 0.0549. The highest BCUT2D eigenvalue weighted by molar-refractivity contribution is 6.27. The Hall–Kier alpha value is -11.2. The van der Waals surface area contributed by atoms with Crippen molar-refractivity contribution in [3.05, 3.63) is 361 Å². The number of rotatable bonds is 3. The zero-order valence-electron chi connectivity index (χ0n) is 52.3. The monoisotopic (exact) mass is 1160 g/mol. The molecule has 0 heteroatoms. The van der Waals surface area contributed by atoms with Gasteiger partial charge < -0.3 is 0 Å². The maximum absolute atomic E-state index is 2.34. The molecule has 0 aliphatic carbocycles. The van der Waals surface area contributed by atoms with Crippen LogP contribution >= 0.6 is 0 Å². The third kappa shape index (κ3) is 12.1. The van der Waals surface area contributed by atoms with E-state index in [0.29, 0.717) is 0 Å².